The zero-order valence-electron chi connectivity index (χ0n) is 12.3. The van der Waals surface area contributed by atoms with E-state index in [1.54, 1.807) is 11.8 Å². The fourth-order valence-electron chi connectivity index (χ4n) is 2.87. The molecule has 0 aromatic rings. The van der Waals surface area contributed by atoms with Crippen molar-refractivity contribution in [1.29, 1.82) is 0 Å². The number of thioether (sulfide) groups is 1. The lowest BCUT2D eigenvalue weighted by molar-refractivity contribution is -0.162. The maximum absolute atomic E-state index is 12.8. The van der Waals surface area contributed by atoms with Crippen molar-refractivity contribution in [3.05, 3.63) is 0 Å². The highest BCUT2D eigenvalue weighted by Crippen LogP contribution is 2.46. The summed E-state index contributed by atoms with van der Waals surface area (Å²) in [4.78, 5) is 27.2. The van der Waals surface area contributed by atoms with Crippen LogP contribution in [-0.2, 0) is 9.59 Å². The second kappa shape index (κ2) is 5.00. The van der Waals surface area contributed by atoms with E-state index < -0.39 is 11.1 Å². The summed E-state index contributed by atoms with van der Waals surface area (Å²) in [6.07, 6.45) is 4.77. The van der Waals surface area contributed by atoms with Crippen LogP contribution in [0.25, 0.3) is 0 Å². The lowest BCUT2D eigenvalue weighted by Crippen LogP contribution is -2.75. The van der Waals surface area contributed by atoms with Gasteiger partial charge in [0.15, 0.2) is 0 Å². The number of piperazine rings is 1. The van der Waals surface area contributed by atoms with Gasteiger partial charge < -0.3 is 10.2 Å². The summed E-state index contributed by atoms with van der Waals surface area (Å²) in [5.41, 5.74) is -1.37. The molecule has 4 nitrogen and oxygen atoms in total. The largest absolute Gasteiger partial charge is 0.340 e. The number of nitrogens with one attached hydrogen (secondary N) is 1. The average molecular weight is 284 g/mol. The van der Waals surface area contributed by atoms with Gasteiger partial charge in [0.05, 0.1) is 0 Å². The summed E-state index contributed by atoms with van der Waals surface area (Å²) in [7, 11) is 0. The lowest BCUT2D eigenvalue weighted by atomic mass is 9.83. The van der Waals surface area contributed by atoms with Gasteiger partial charge in [-0.25, -0.2) is 0 Å². The molecule has 2 aliphatic rings. The molecular weight excluding hydrogens is 260 g/mol. The Kier molecular flexibility index (Phi) is 3.87. The Labute approximate surface area is 119 Å². The number of nitrogens with zero attached hydrogens (tertiary/aromatic N) is 1. The van der Waals surface area contributed by atoms with Gasteiger partial charge in [0.2, 0.25) is 11.8 Å². The summed E-state index contributed by atoms with van der Waals surface area (Å²) in [5, 5.41) is 2.97. The van der Waals surface area contributed by atoms with Crippen LogP contribution in [0.1, 0.15) is 40.0 Å². The van der Waals surface area contributed by atoms with E-state index >= 15 is 0 Å². The first-order chi connectivity index (χ1) is 8.90. The number of amides is 2. The van der Waals surface area contributed by atoms with Crippen LogP contribution >= 0.6 is 11.8 Å². The van der Waals surface area contributed by atoms with Crippen LogP contribution in [0, 0.1) is 5.92 Å². The number of carbonyl (C=O) groups is 2. The molecule has 1 saturated heterocycles. The van der Waals surface area contributed by atoms with Gasteiger partial charge in [0.25, 0.3) is 0 Å². The molecule has 2 atom stereocenters. The summed E-state index contributed by atoms with van der Waals surface area (Å²) in [6.45, 7) is 6.39. The monoisotopic (exact) mass is 284 g/mol. The Morgan fingerprint density at radius 1 is 1.37 bits per heavy atom. The van der Waals surface area contributed by atoms with Gasteiger partial charge in [0, 0.05) is 12.3 Å². The minimum absolute atomic E-state index is 0.0278. The summed E-state index contributed by atoms with van der Waals surface area (Å²) >= 11 is 1.71. The summed E-state index contributed by atoms with van der Waals surface area (Å²) in [5.74, 6) is 1.32. The third-order valence-electron chi connectivity index (χ3n) is 4.73. The SMILES string of the molecule is CCC1(C)NC(=O)C(C)(C2CC2)N(CCSC)C1=O. The average Bonchev–Trinajstić information content (AvgIpc) is 3.21. The standard InChI is InChI=1S/C14H24N2O2S/c1-5-13(2)12(18)16(8-9-19-4)14(3,10-6-7-10)11(17)15-13/h10H,5-9H2,1-4H3,(H,15,17). The van der Waals surface area contributed by atoms with Crippen LogP contribution in [0.5, 0.6) is 0 Å². The first-order valence-electron chi connectivity index (χ1n) is 7.03. The maximum Gasteiger partial charge on any atom is 0.248 e. The zero-order valence-corrected chi connectivity index (χ0v) is 13.1. The predicted octanol–water partition coefficient (Wildman–Crippen LogP) is 1.65. The van der Waals surface area contributed by atoms with E-state index in [4.69, 9.17) is 0 Å². The van der Waals surface area contributed by atoms with Gasteiger partial charge in [-0.15, -0.1) is 0 Å². The molecule has 1 saturated carbocycles. The molecule has 2 amide bonds. The van der Waals surface area contributed by atoms with Gasteiger partial charge in [-0.05, 0) is 45.3 Å². The highest BCUT2D eigenvalue weighted by atomic mass is 32.2. The zero-order chi connectivity index (χ0) is 14.3. The third kappa shape index (κ3) is 2.26. The Balaban J connectivity index is 2.33. The van der Waals surface area contributed by atoms with Crippen LogP contribution in [0.2, 0.25) is 0 Å². The van der Waals surface area contributed by atoms with E-state index in [2.05, 4.69) is 5.32 Å². The molecular formula is C14H24N2O2S. The van der Waals surface area contributed by atoms with Crippen molar-refractivity contribution in [2.45, 2.75) is 51.1 Å². The topological polar surface area (TPSA) is 49.4 Å². The first kappa shape index (κ1) is 14.7. The van der Waals surface area contributed by atoms with Crippen molar-refractivity contribution in [3.8, 4) is 0 Å². The molecule has 1 aliphatic carbocycles. The molecule has 2 fully saturated rings. The number of hydrogen-bond donors (Lipinski definition) is 1. The highest BCUT2D eigenvalue weighted by Gasteiger charge is 2.59. The van der Waals surface area contributed by atoms with E-state index in [9.17, 15) is 9.59 Å². The molecule has 5 heteroatoms. The molecule has 19 heavy (non-hydrogen) atoms. The van der Waals surface area contributed by atoms with E-state index in [0.717, 1.165) is 18.6 Å². The van der Waals surface area contributed by atoms with Gasteiger partial charge >= 0.3 is 0 Å². The Morgan fingerprint density at radius 3 is 2.47 bits per heavy atom. The van der Waals surface area contributed by atoms with Crippen molar-refractivity contribution in [1.82, 2.24) is 10.2 Å². The molecule has 1 heterocycles. The molecule has 108 valence electrons. The van der Waals surface area contributed by atoms with E-state index in [-0.39, 0.29) is 11.8 Å². The van der Waals surface area contributed by atoms with Crippen molar-refractivity contribution in [2.75, 3.05) is 18.6 Å². The fourth-order valence-corrected chi connectivity index (χ4v) is 3.23. The van der Waals surface area contributed by atoms with Crippen molar-refractivity contribution in [2.24, 2.45) is 5.92 Å². The van der Waals surface area contributed by atoms with Gasteiger partial charge in [-0.1, -0.05) is 6.92 Å². The van der Waals surface area contributed by atoms with Crippen LogP contribution < -0.4 is 5.32 Å². The van der Waals surface area contributed by atoms with Crippen molar-refractivity contribution in [3.63, 3.8) is 0 Å². The van der Waals surface area contributed by atoms with Crippen LogP contribution in [-0.4, -0.2) is 46.3 Å². The Hall–Kier alpha value is -0.710. The minimum Gasteiger partial charge on any atom is -0.340 e. The van der Waals surface area contributed by atoms with Crippen LogP contribution in [0.3, 0.4) is 0 Å². The third-order valence-corrected chi connectivity index (χ3v) is 5.32. The lowest BCUT2D eigenvalue weighted by Gasteiger charge is -2.50. The smallest absolute Gasteiger partial charge is 0.248 e. The van der Waals surface area contributed by atoms with Gasteiger partial charge in [0.1, 0.15) is 11.1 Å². The molecule has 1 aliphatic heterocycles. The van der Waals surface area contributed by atoms with Crippen molar-refractivity contribution < 1.29 is 9.59 Å². The molecule has 0 spiro atoms. The molecule has 1 N–H and O–H groups in total. The maximum atomic E-state index is 12.8. The number of hydrogen-bond acceptors (Lipinski definition) is 3. The fraction of sp³-hybridized carbons (Fsp3) is 0.857. The molecule has 0 aromatic carbocycles. The number of carbonyl (C=O) groups excluding carboxylic acids is 2. The Morgan fingerprint density at radius 2 is 2.00 bits per heavy atom. The second-order valence-electron chi connectivity index (χ2n) is 6.01. The van der Waals surface area contributed by atoms with Gasteiger partial charge in [-0.3, -0.25) is 9.59 Å². The van der Waals surface area contributed by atoms with Crippen LogP contribution in [0.4, 0.5) is 0 Å². The van der Waals surface area contributed by atoms with E-state index in [0.29, 0.717) is 18.9 Å². The van der Waals surface area contributed by atoms with Crippen molar-refractivity contribution >= 4 is 23.6 Å². The number of rotatable bonds is 5. The molecule has 0 radical (unpaired) electrons. The summed E-state index contributed by atoms with van der Waals surface area (Å²) < 4.78 is 0. The highest BCUT2D eigenvalue weighted by molar-refractivity contribution is 7.98. The first-order valence-corrected chi connectivity index (χ1v) is 8.43. The van der Waals surface area contributed by atoms with E-state index in [1.807, 2.05) is 31.9 Å². The quantitative estimate of drug-likeness (QED) is 0.835. The van der Waals surface area contributed by atoms with Crippen LogP contribution in [0.15, 0.2) is 0 Å². The molecule has 0 aromatic heterocycles. The normalized spacial score (nSPS) is 35.5. The molecule has 2 unspecified atom stereocenters. The summed E-state index contributed by atoms with van der Waals surface area (Å²) in [6, 6.07) is 0. The van der Waals surface area contributed by atoms with Gasteiger partial charge in [-0.2, -0.15) is 11.8 Å². The predicted molar refractivity (Wildman–Crippen MR) is 78.1 cm³/mol. The molecule has 2 rings (SSSR count). The second-order valence-corrected chi connectivity index (χ2v) is 7.00. The van der Waals surface area contributed by atoms with E-state index in [1.165, 1.54) is 0 Å². The minimum atomic E-state index is -0.732. The molecule has 0 bridgehead atoms. The Bertz CT molecular complexity index is 397.